The molecule has 0 spiro atoms. The average Bonchev–Trinajstić information content (AvgIpc) is 2.75. The SMILES string of the molecule is CCCNc1nc(-c2ccc(Br)o2)ncc1Br. The first kappa shape index (κ1) is 12.6. The van der Waals surface area contributed by atoms with Gasteiger partial charge in [-0.15, -0.1) is 0 Å². The summed E-state index contributed by atoms with van der Waals surface area (Å²) in [5, 5.41) is 3.23. The van der Waals surface area contributed by atoms with E-state index in [9.17, 15) is 0 Å². The van der Waals surface area contributed by atoms with Crippen LogP contribution in [0.2, 0.25) is 0 Å². The fourth-order valence-electron chi connectivity index (χ4n) is 1.29. The van der Waals surface area contributed by atoms with Crippen LogP contribution in [0.4, 0.5) is 5.82 Å². The minimum absolute atomic E-state index is 0.567. The maximum Gasteiger partial charge on any atom is 0.197 e. The van der Waals surface area contributed by atoms with Gasteiger partial charge in [-0.1, -0.05) is 6.92 Å². The lowest BCUT2D eigenvalue weighted by Gasteiger charge is -2.06. The summed E-state index contributed by atoms with van der Waals surface area (Å²) in [5.41, 5.74) is 0. The summed E-state index contributed by atoms with van der Waals surface area (Å²) in [4.78, 5) is 8.63. The van der Waals surface area contributed by atoms with Crippen molar-refractivity contribution < 1.29 is 4.42 Å². The number of furan rings is 1. The van der Waals surface area contributed by atoms with Crippen molar-refractivity contribution >= 4 is 37.7 Å². The van der Waals surface area contributed by atoms with E-state index in [1.165, 1.54) is 0 Å². The van der Waals surface area contributed by atoms with Gasteiger partial charge in [0.1, 0.15) is 5.82 Å². The first-order valence-electron chi connectivity index (χ1n) is 5.23. The van der Waals surface area contributed by atoms with Gasteiger partial charge in [0.15, 0.2) is 16.3 Å². The fourth-order valence-corrected chi connectivity index (χ4v) is 1.93. The van der Waals surface area contributed by atoms with Gasteiger partial charge in [0, 0.05) is 12.7 Å². The van der Waals surface area contributed by atoms with Crippen LogP contribution in [0.1, 0.15) is 13.3 Å². The van der Waals surface area contributed by atoms with Crippen LogP contribution in [-0.2, 0) is 0 Å². The standard InChI is InChI=1S/C11H11Br2N3O/c1-2-5-14-10-7(12)6-15-11(16-10)8-3-4-9(13)17-8/h3-4,6H,2,5H2,1H3,(H,14,15,16). The molecule has 2 aromatic rings. The number of rotatable bonds is 4. The molecule has 0 unspecified atom stereocenters. The van der Waals surface area contributed by atoms with E-state index >= 15 is 0 Å². The maximum absolute atomic E-state index is 5.42. The topological polar surface area (TPSA) is 51.0 Å². The Morgan fingerprint density at radius 2 is 2.18 bits per heavy atom. The molecule has 2 aromatic heterocycles. The molecule has 0 fully saturated rings. The zero-order valence-corrected chi connectivity index (χ0v) is 12.4. The van der Waals surface area contributed by atoms with E-state index in [4.69, 9.17) is 4.42 Å². The highest BCUT2D eigenvalue weighted by Gasteiger charge is 2.09. The van der Waals surface area contributed by atoms with Crippen LogP contribution < -0.4 is 5.32 Å². The van der Waals surface area contributed by atoms with Crippen LogP contribution in [0, 0.1) is 0 Å². The third kappa shape index (κ3) is 3.07. The Labute approximate surface area is 116 Å². The van der Waals surface area contributed by atoms with E-state index in [2.05, 4.69) is 54.1 Å². The molecule has 0 aromatic carbocycles. The lowest BCUT2D eigenvalue weighted by molar-refractivity contribution is 0.551. The molecule has 0 aliphatic rings. The van der Waals surface area contributed by atoms with Crippen LogP contribution in [0.5, 0.6) is 0 Å². The van der Waals surface area contributed by atoms with Crippen LogP contribution in [0.3, 0.4) is 0 Å². The quantitative estimate of drug-likeness (QED) is 0.892. The summed E-state index contributed by atoms with van der Waals surface area (Å²) in [5.74, 6) is 1.99. The second-order valence-corrected chi connectivity index (χ2v) is 5.06. The van der Waals surface area contributed by atoms with Gasteiger partial charge >= 0.3 is 0 Å². The average molecular weight is 361 g/mol. The van der Waals surface area contributed by atoms with Crippen LogP contribution in [-0.4, -0.2) is 16.5 Å². The molecule has 2 heterocycles. The van der Waals surface area contributed by atoms with E-state index in [0.29, 0.717) is 16.3 Å². The van der Waals surface area contributed by atoms with Crippen molar-refractivity contribution in [2.24, 2.45) is 0 Å². The lowest BCUT2D eigenvalue weighted by Crippen LogP contribution is -2.04. The highest BCUT2D eigenvalue weighted by molar-refractivity contribution is 9.10. The first-order chi connectivity index (χ1) is 8.20. The van der Waals surface area contributed by atoms with Gasteiger partial charge in [0.05, 0.1) is 4.47 Å². The van der Waals surface area contributed by atoms with Crippen molar-refractivity contribution in [3.05, 3.63) is 27.5 Å². The van der Waals surface area contributed by atoms with Crippen molar-refractivity contribution in [1.82, 2.24) is 9.97 Å². The predicted molar refractivity (Wildman–Crippen MR) is 73.9 cm³/mol. The number of aromatic nitrogens is 2. The maximum atomic E-state index is 5.42. The van der Waals surface area contributed by atoms with Gasteiger partial charge in [-0.3, -0.25) is 0 Å². The van der Waals surface area contributed by atoms with Crippen LogP contribution in [0.15, 0.2) is 31.9 Å². The lowest BCUT2D eigenvalue weighted by atomic mass is 10.4. The Morgan fingerprint density at radius 3 is 2.82 bits per heavy atom. The molecule has 17 heavy (non-hydrogen) atoms. The molecule has 0 saturated heterocycles. The fraction of sp³-hybridized carbons (Fsp3) is 0.273. The van der Waals surface area contributed by atoms with Gasteiger partial charge in [0.2, 0.25) is 0 Å². The summed E-state index contributed by atoms with van der Waals surface area (Å²) in [6.45, 7) is 2.98. The predicted octanol–water partition coefficient (Wildman–Crippen LogP) is 4.08. The van der Waals surface area contributed by atoms with Crippen molar-refractivity contribution in [2.75, 3.05) is 11.9 Å². The van der Waals surface area contributed by atoms with E-state index in [0.717, 1.165) is 23.3 Å². The highest BCUT2D eigenvalue weighted by atomic mass is 79.9. The molecule has 0 saturated carbocycles. The summed E-state index contributed by atoms with van der Waals surface area (Å²) in [6.07, 6.45) is 2.76. The zero-order valence-electron chi connectivity index (χ0n) is 9.20. The van der Waals surface area contributed by atoms with E-state index in [1.54, 1.807) is 6.20 Å². The van der Waals surface area contributed by atoms with Gasteiger partial charge in [0.25, 0.3) is 0 Å². The monoisotopic (exact) mass is 359 g/mol. The molecule has 90 valence electrons. The van der Waals surface area contributed by atoms with E-state index < -0.39 is 0 Å². The Hall–Kier alpha value is -0.880. The Morgan fingerprint density at radius 1 is 1.35 bits per heavy atom. The molecule has 1 N–H and O–H groups in total. The van der Waals surface area contributed by atoms with Crippen molar-refractivity contribution in [3.63, 3.8) is 0 Å². The van der Waals surface area contributed by atoms with Gasteiger partial charge in [-0.05, 0) is 50.4 Å². The molecule has 0 amide bonds. The van der Waals surface area contributed by atoms with Gasteiger partial charge < -0.3 is 9.73 Å². The van der Waals surface area contributed by atoms with Crippen LogP contribution in [0.25, 0.3) is 11.6 Å². The zero-order chi connectivity index (χ0) is 12.3. The summed E-state index contributed by atoms with van der Waals surface area (Å²) in [6, 6.07) is 3.65. The van der Waals surface area contributed by atoms with Crippen molar-refractivity contribution in [3.8, 4) is 11.6 Å². The highest BCUT2D eigenvalue weighted by Crippen LogP contribution is 2.26. The van der Waals surface area contributed by atoms with Gasteiger partial charge in [-0.25, -0.2) is 9.97 Å². The summed E-state index contributed by atoms with van der Waals surface area (Å²) < 4.78 is 6.93. The molecular weight excluding hydrogens is 350 g/mol. The summed E-state index contributed by atoms with van der Waals surface area (Å²) in [7, 11) is 0. The van der Waals surface area contributed by atoms with E-state index in [1.807, 2.05) is 12.1 Å². The normalized spacial score (nSPS) is 10.5. The van der Waals surface area contributed by atoms with Crippen molar-refractivity contribution in [1.29, 1.82) is 0 Å². The van der Waals surface area contributed by atoms with Crippen LogP contribution >= 0.6 is 31.9 Å². The molecular formula is C11H11Br2N3O. The minimum atomic E-state index is 0.567. The molecule has 0 radical (unpaired) electrons. The number of nitrogens with one attached hydrogen (secondary N) is 1. The van der Waals surface area contributed by atoms with Crippen molar-refractivity contribution in [2.45, 2.75) is 13.3 Å². The second kappa shape index (κ2) is 5.64. The molecule has 0 atom stereocenters. The molecule has 0 aliphatic carbocycles. The third-order valence-electron chi connectivity index (χ3n) is 2.08. The molecule has 4 nitrogen and oxygen atoms in total. The minimum Gasteiger partial charge on any atom is -0.446 e. The Balaban J connectivity index is 2.30. The van der Waals surface area contributed by atoms with E-state index in [-0.39, 0.29) is 0 Å². The number of hydrogen-bond acceptors (Lipinski definition) is 4. The Kier molecular flexibility index (Phi) is 4.17. The third-order valence-corrected chi connectivity index (χ3v) is 3.09. The first-order valence-corrected chi connectivity index (χ1v) is 6.81. The molecule has 0 aliphatic heterocycles. The molecule has 6 heteroatoms. The Bertz CT molecular complexity index is 513. The molecule has 2 rings (SSSR count). The number of anilines is 1. The largest absolute Gasteiger partial charge is 0.446 e. The number of nitrogens with zero attached hydrogens (tertiary/aromatic N) is 2. The number of halogens is 2. The second-order valence-electron chi connectivity index (χ2n) is 3.42. The summed E-state index contributed by atoms with van der Waals surface area (Å²) >= 11 is 6.67. The molecule has 0 bridgehead atoms. The van der Waals surface area contributed by atoms with Gasteiger partial charge in [-0.2, -0.15) is 0 Å². The smallest absolute Gasteiger partial charge is 0.197 e. The number of hydrogen-bond donors (Lipinski definition) is 1.